The fraction of sp³-hybridized carbons (Fsp3) is 0.0833. The number of carboxylic acid groups (broad SMARTS) is 1. The molecule has 0 spiro atoms. The Balaban J connectivity index is 2.53. The van der Waals surface area contributed by atoms with Crippen LogP contribution in [0, 0.1) is 5.82 Å². The fourth-order valence-corrected chi connectivity index (χ4v) is 1.63. The van der Waals surface area contributed by atoms with Crippen LogP contribution in [-0.2, 0) is 0 Å². The van der Waals surface area contributed by atoms with Crippen LogP contribution in [-0.4, -0.2) is 28.2 Å². The number of hydrogen-bond donors (Lipinski definition) is 1. The fourth-order valence-electron chi connectivity index (χ4n) is 1.46. The maximum absolute atomic E-state index is 13.3. The molecule has 0 aliphatic rings. The largest absolute Gasteiger partial charge is 0.494 e. The lowest BCUT2D eigenvalue weighted by Gasteiger charge is -2.06. The second-order valence-electron chi connectivity index (χ2n) is 3.54. The number of carbonyl (C=O) groups is 1. The first kappa shape index (κ1) is 13.2. The summed E-state index contributed by atoms with van der Waals surface area (Å²) in [5.41, 5.74) is 0.118. The van der Waals surface area contributed by atoms with Crippen molar-refractivity contribution in [2.45, 2.75) is 0 Å². The first-order chi connectivity index (χ1) is 9.02. The van der Waals surface area contributed by atoms with Crippen molar-refractivity contribution in [3.05, 3.63) is 40.9 Å². The van der Waals surface area contributed by atoms with Crippen molar-refractivity contribution in [3.63, 3.8) is 0 Å². The molecule has 1 N–H and O–H groups in total. The molecule has 0 saturated heterocycles. The third kappa shape index (κ3) is 2.63. The van der Waals surface area contributed by atoms with E-state index in [4.69, 9.17) is 21.4 Å². The zero-order valence-electron chi connectivity index (χ0n) is 9.72. The summed E-state index contributed by atoms with van der Waals surface area (Å²) >= 11 is 5.67. The molecule has 98 valence electrons. The number of hydrogen-bond acceptors (Lipinski definition) is 4. The van der Waals surface area contributed by atoms with Gasteiger partial charge in [-0.15, -0.1) is 0 Å². The van der Waals surface area contributed by atoms with Crippen molar-refractivity contribution in [3.8, 4) is 17.1 Å². The van der Waals surface area contributed by atoms with Gasteiger partial charge in [0.2, 0.25) is 0 Å². The van der Waals surface area contributed by atoms with Crippen LogP contribution >= 0.6 is 11.6 Å². The molecule has 1 aromatic carbocycles. The molecule has 0 atom stereocenters. The van der Waals surface area contributed by atoms with Gasteiger partial charge in [0.15, 0.2) is 23.1 Å². The summed E-state index contributed by atoms with van der Waals surface area (Å²) in [6.07, 6.45) is 1.18. The van der Waals surface area contributed by atoms with Crippen molar-refractivity contribution in [1.82, 2.24) is 9.97 Å². The van der Waals surface area contributed by atoms with Gasteiger partial charge in [-0.05, 0) is 18.2 Å². The molecule has 0 radical (unpaired) electrons. The highest BCUT2D eigenvalue weighted by atomic mass is 35.5. The van der Waals surface area contributed by atoms with Crippen LogP contribution in [0.3, 0.4) is 0 Å². The summed E-state index contributed by atoms with van der Waals surface area (Å²) in [5, 5.41) is 8.86. The highest BCUT2D eigenvalue weighted by Gasteiger charge is 2.14. The molecule has 0 aliphatic heterocycles. The predicted molar refractivity (Wildman–Crippen MR) is 65.9 cm³/mol. The molecule has 0 unspecified atom stereocenters. The minimum atomic E-state index is -1.26. The van der Waals surface area contributed by atoms with Crippen LogP contribution < -0.4 is 4.74 Å². The minimum absolute atomic E-state index is 0.0212. The molecule has 0 amide bonds. The summed E-state index contributed by atoms with van der Waals surface area (Å²) < 4.78 is 18.1. The van der Waals surface area contributed by atoms with E-state index in [1.807, 2.05) is 0 Å². The molecular formula is C12H8ClFN2O3. The van der Waals surface area contributed by atoms with Crippen molar-refractivity contribution < 1.29 is 19.0 Å². The van der Waals surface area contributed by atoms with Gasteiger partial charge >= 0.3 is 5.97 Å². The van der Waals surface area contributed by atoms with Gasteiger partial charge in [-0.2, -0.15) is 0 Å². The van der Waals surface area contributed by atoms with Gasteiger partial charge < -0.3 is 9.84 Å². The molecule has 1 heterocycles. The van der Waals surface area contributed by atoms with Crippen molar-refractivity contribution in [2.75, 3.05) is 7.11 Å². The summed E-state index contributed by atoms with van der Waals surface area (Å²) in [4.78, 5) is 18.7. The molecule has 0 fully saturated rings. The van der Waals surface area contributed by atoms with Crippen molar-refractivity contribution >= 4 is 17.6 Å². The lowest BCUT2D eigenvalue weighted by atomic mass is 10.2. The van der Waals surface area contributed by atoms with Gasteiger partial charge in [0.05, 0.1) is 18.3 Å². The van der Waals surface area contributed by atoms with Crippen LogP contribution in [0.5, 0.6) is 5.75 Å². The Labute approximate surface area is 112 Å². The minimum Gasteiger partial charge on any atom is -0.494 e. The van der Waals surface area contributed by atoms with E-state index in [1.165, 1.54) is 31.5 Å². The van der Waals surface area contributed by atoms with Crippen molar-refractivity contribution in [2.24, 2.45) is 0 Å². The van der Waals surface area contributed by atoms with E-state index in [0.717, 1.165) is 0 Å². The smallest absolute Gasteiger partial charge is 0.356 e. The van der Waals surface area contributed by atoms with E-state index in [9.17, 15) is 9.18 Å². The Morgan fingerprint density at radius 2 is 2.21 bits per heavy atom. The van der Waals surface area contributed by atoms with E-state index < -0.39 is 11.8 Å². The van der Waals surface area contributed by atoms with Gasteiger partial charge in [-0.3, -0.25) is 0 Å². The number of halogens is 2. The molecule has 0 saturated carbocycles. The van der Waals surface area contributed by atoms with Gasteiger partial charge in [-0.25, -0.2) is 19.2 Å². The number of aromatic nitrogens is 2. The Morgan fingerprint density at radius 1 is 1.47 bits per heavy atom. The zero-order chi connectivity index (χ0) is 14.0. The van der Waals surface area contributed by atoms with Crippen LogP contribution in [0.15, 0.2) is 24.4 Å². The SMILES string of the molecule is COc1cc(-c2ncc(Cl)c(C(=O)O)n2)ccc1F. The molecule has 19 heavy (non-hydrogen) atoms. The summed E-state index contributed by atoms with van der Waals surface area (Å²) in [5.74, 6) is -1.64. The van der Waals surface area contributed by atoms with Crippen LogP contribution in [0.2, 0.25) is 5.02 Å². The summed E-state index contributed by atoms with van der Waals surface area (Å²) in [6.45, 7) is 0. The first-order valence-corrected chi connectivity index (χ1v) is 5.50. The molecule has 5 nitrogen and oxygen atoms in total. The number of rotatable bonds is 3. The standard InChI is InChI=1S/C12H8ClFN2O3/c1-19-9-4-6(2-3-8(9)14)11-15-5-7(13)10(16-11)12(17)18/h2-5H,1H3,(H,17,18). The molecular weight excluding hydrogens is 275 g/mol. The Morgan fingerprint density at radius 3 is 2.84 bits per heavy atom. The molecule has 0 bridgehead atoms. The average Bonchev–Trinajstić information content (AvgIpc) is 2.39. The molecule has 2 aromatic rings. The molecule has 0 aliphatic carbocycles. The normalized spacial score (nSPS) is 10.3. The predicted octanol–water partition coefficient (Wildman–Crippen LogP) is 2.64. The van der Waals surface area contributed by atoms with Gasteiger partial charge in [0, 0.05) is 5.56 Å². The van der Waals surface area contributed by atoms with E-state index in [2.05, 4.69) is 9.97 Å². The lowest BCUT2D eigenvalue weighted by Crippen LogP contribution is -2.04. The van der Waals surface area contributed by atoms with Gasteiger partial charge in [0.1, 0.15) is 0 Å². The lowest BCUT2D eigenvalue weighted by molar-refractivity contribution is 0.0690. The number of ether oxygens (including phenoxy) is 1. The second kappa shape index (κ2) is 5.19. The van der Waals surface area contributed by atoms with Gasteiger partial charge in [0.25, 0.3) is 0 Å². The number of aromatic carboxylic acids is 1. The first-order valence-electron chi connectivity index (χ1n) is 5.12. The summed E-state index contributed by atoms with van der Waals surface area (Å²) in [7, 11) is 1.33. The van der Waals surface area contributed by atoms with Crippen LogP contribution in [0.25, 0.3) is 11.4 Å². The van der Waals surface area contributed by atoms with Crippen molar-refractivity contribution in [1.29, 1.82) is 0 Å². The highest BCUT2D eigenvalue weighted by molar-refractivity contribution is 6.33. The third-order valence-electron chi connectivity index (χ3n) is 2.36. The third-order valence-corrected chi connectivity index (χ3v) is 2.63. The topological polar surface area (TPSA) is 72.3 Å². The number of carboxylic acids is 1. The number of benzene rings is 1. The Bertz CT molecular complexity index is 649. The number of nitrogens with zero attached hydrogens (tertiary/aromatic N) is 2. The maximum Gasteiger partial charge on any atom is 0.356 e. The Hall–Kier alpha value is -2.21. The quantitative estimate of drug-likeness (QED) is 0.937. The number of methoxy groups -OCH3 is 1. The van der Waals surface area contributed by atoms with E-state index in [-0.39, 0.29) is 22.3 Å². The monoisotopic (exact) mass is 282 g/mol. The van der Waals surface area contributed by atoms with E-state index >= 15 is 0 Å². The maximum atomic E-state index is 13.3. The van der Waals surface area contributed by atoms with E-state index in [1.54, 1.807) is 0 Å². The average molecular weight is 283 g/mol. The van der Waals surface area contributed by atoms with E-state index in [0.29, 0.717) is 5.56 Å². The van der Waals surface area contributed by atoms with Crippen LogP contribution in [0.1, 0.15) is 10.5 Å². The molecule has 2 rings (SSSR count). The summed E-state index contributed by atoms with van der Waals surface area (Å²) in [6, 6.07) is 3.99. The van der Waals surface area contributed by atoms with Gasteiger partial charge in [-0.1, -0.05) is 11.6 Å². The Kier molecular flexibility index (Phi) is 3.62. The molecule has 7 heteroatoms. The second-order valence-corrected chi connectivity index (χ2v) is 3.95. The highest BCUT2D eigenvalue weighted by Crippen LogP contribution is 2.25. The molecule has 1 aromatic heterocycles. The van der Waals surface area contributed by atoms with Crippen LogP contribution in [0.4, 0.5) is 4.39 Å². The zero-order valence-corrected chi connectivity index (χ0v) is 10.5.